The molecule has 48 heavy (non-hydrogen) atoms. The van der Waals surface area contributed by atoms with Crippen molar-refractivity contribution >= 4 is 38.5 Å². The number of rotatable bonds is 7. The van der Waals surface area contributed by atoms with Crippen molar-refractivity contribution in [3.8, 4) is 11.6 Å². The van der Waals surface area contributed by atoms with E-state index in [2.05, 4.69) is 21.9 Å². The highest BCUT2D eigenvalue weighted by Gasteiger charge is 2.62. The summed E-state index contributed by atoms with van der Waals surface area (Å²) in [4.78, 5) is 47.6. The van der Waals surface area contributed by atoms with E-state index in [1.807, 2.05) is 19.1 Å². The highest BCUT2D eigenvalue weighted by Crippen LogP contribution is 2.46. The number of ether oxygens (including phenoxy) is 2. The Labute approximate surface area is 280 Å². The van der Waals surface area contributed by atoms with Crippen LogP contribution in [0.25, 0.3) is 10.8 Å². The molecule has 0 radical (unpaired) electrons. The van der Waals surface area contributed by atoms with Crippen LogP contribution < -0.4 is 25.2 Å². The quantitative estimate of drug-likeness (QED) is 0.371. The predicted octanol–water partition coefficient (Wildman–Crippen LogP) is 2.94. The van der Waals surface area contributed by atoms with Gasteiger partial charge in [0.15, 0.2) is 11.6 Å². The molecule has 1 saturated heterocycles. The molecule has 2 aliphatic carbocycles. The van der Waals surface area contributed by atoms with Gasteiger partial charge in [-0.2, -0.15) is 0 Å². The van der Waals surface area contributed by atoms with Crippen LogP contribution in [-0.4, -0.2) is 78.7 Å². The van der Waals surface area contributed by atoms with Crippen LogP contribution in [0.1, 0.15) is 65.2 Å². The highest BCUT2D eigenvalue weighted by molar-refractivity contribution is 7.91. The van der Waals surface area contributed by atoms with Gasteiger partial charge in [-0.05, 0) is 73.9 Å². The maximum Gasteiger partial charge on any atom is 0.259 e. The third-order valence-corrected chi connectivity index (χ3v) is 12.1. The van der Waals surface area contributed by atoms with E-state index in [0.717, 1.165) is 19.3 Å². The maximum atomic E-state index is 14.7. The summed E-state index contributed by atoms with van der Waals surface area (Å²) in [5, 5.41) is 3.27. The van der Waals surface area contributed by atoms with Crippen LogP contribution in [0.5, 0.6) is 11.6 Å². The summed E-state index contributed by atoms with van der Waals surface area (Å²) in [6.45, 7) is 4.11. The fourth-order valence-electron chi connectivity index (χ4n) is 7.13. The summed E-state index contributed by atoms with van der Waals surface area (Å²) in [6.07, 6.45) is 8.87. The van der Waals surface area contributed by atoms with Crippen LogP contribution in [-0.2, 0) is 24.4 Å². The second kappa shape index (κ2) is 13.3. The van der Waals surface area contributed by atoms with E-state index in [1.54, 1.807) is 6.07 Å². The minimum absolute atomic E-state index is 0.00585. The smallest absolute Gasteiger partial charge is 0.259 e. The van der Waals surface area contributed by atoms with Gasteiger partial charge in [0.1, 0.15) is 17.7 Å². The van der Waals surface area contributed by atoms with Crippen molar-refractivity contribution in [1.29, 1.82) is 0 Å². The molecule has 6 rings (SSSR count). The fourth-order valence-corrected chi connectivity index (χ4v) is 8.50. The minimum atomic E-state index is -3.87. The van der Waals surface area contributed by atoms with E-state index >= 15 is 0 Å². The Bertz CT molecular complexity index is 1730. The van der Waals surface area contributed by atoms with Crippen LogP contribution in [0.3, 0.4) is 0 Å². The van der Waals surface area contributed by atoms with Gasteiger partial charge in [0, 0.05) is 23.9 Å². The van der Waals surface area contributed by atoms with Gasteiger partial charge >= 0.3 is 0 Å². The molecule has 0 bridgehead atoms. The van der Waals surface area contributed by atoms with Gasteiger partial charge in [-0.1, -0.05) is 32.4 Å². The third-order valence-electron chi connectivity index (χ3n) is 10.3. The lowest BCUT2D eigenvalue weighted by Gasteiger charge is -2.31. The van der Waals surface area contributed by atoms with Gasteiger partial charge in [-0.3, -0.25) is 19.1 Å². The lowest BCUT2D eigenvalue weighted by atomic mass is 9.85. The first-order chi connectivity index (χ1) is 22.9. The number of nitrogens with one attached hydrogen (secondary N) is 2. The standard InChI is InChI=1S/C34H44FN5O7S/c1-4-20-13-19(2)7-5-6-8-22-17-34(22,33(43)39-48(44,45)24-9-10-24)38-30(41)27-15-23(18-40(27)32(42)29(20)36)47-31-25-16-26(35)28(46-3)14-21(25)11-12-37-31/h6,8,11-12,14,16,19-20,22-24,27,29H,4-5,7,9-10,13,15,17-18,36H2,1-3H3,(H,38,41)(H,39,43)/b8-6-/t19-,20-,22-,23-,27+,29+,34-/m1/s1. The van der Waals surface area contributed by atoms with Crippen molar-refractivity contribution in [2.45, 2.75) is 94.2 Å². The Morgan fingerprint density at radius 3 is 2.71 bits per heavy atom. The Kier molecular flexibility index (Phi) is 9.42. The van der Waals surface area contributed by atoms with E-state index in [4.69, 9.17) is 15.2 Å². The molecule has 2 aromatic rings. The molecule has 14 heteroatoms. The minimum Gasteiger partial charge on any atom is -0.494 e. The number of fused-ring (bicyclic) bond motifs is 3. The number of methoxy groups -OCH3 is 1. The zero-order chi connectivity index (χ0) is 34.4. The average Bonchev–Trinajstić information content (AvgIpc) is 3.98. The van der Waals surface area contributed by atoms with Gasteiger partial charge in [0.2, 0.25) is 27.7 Å². The number of sulfonamides is 1. The van der Waals surface area contributed by atoms with Gasteiger partial charge in [0.25, 0.3) is 5.91 Å². The highest BCUT2D eigenvalue weighted by atomic mass is 32.2. The molecule has 7 atom stereocenters. The number of aromatic nitrogens is 1. The van der Waals surface area contributed by atoms with E-state index in [1.165, 1.54) is 30.3 Å². The van der Waals surface area contributed by atoms with Crippen molar-refractivity contribution in [2.75, 3.05) is 13.7 Å². The summed E-state index contributed by atoms with van der Waals surface area (Å²) in [5.74, 6) is -2.45. The first-order valence-corrected chi connectivity index (χ1v) is 18.3. The molecule has 3 heterocycles. The molecule has 0 spiro atoms. The maximum absolute atomic E-state index is 14.7. The number of pyridine rings is 1. The number of carbonyl (C=O) groups is 3. The number of allylic oxidation sites excluding steroid dienone is 1. The van der Waals surface area contributed by atoms with Crippen molar-refractivity contribution in [1.82, 2.24) is 19.9 Å². The molecule has 1 aromatic heterocycles. The Morgan fingerprint density at radius 2 is 2.00 bits per heavy atom. The molecule has 3 fully saturated rings. The lowest BCUT2D eigenvalue weighted by Crippen LogP contribution is -2.58. The second-order valence-corrected chi connectivity index (χ2v) is 15.8. The summed E-state index contributed by atoms with van der Waals surface area (Å²) < 4.78 is 53.8. The zero-order valence-corrected chi connectivity index (χ0v) is 28.3. The van der Waals surface area contributed by atoms with Crippen molar-refractivity contribution < 1.29 is 36.7 Å². The molecule has 0 unspecified atom stereocenters. The molecule has 2 saturated carbocycles. The van der Waals surface area contributed by atoms with E-state index < -0.39 is 68.5 Å². The van der Waals surface area contributed by atoms with Crippen molar-refractivity contribution in [3.05, 3.63) is 42.4 Å². The largest absolute Gasteiger partial charge is 0.494 e. The summed E-state index contributed by atoms with van der Waals surface area (Å²) >= 11 is 0. The lowest BCUT2D eigenvalue weighted by molar-refractivity contribution is -0.141. The number of nitrogens with two attached hydrogens (primary N) is 1. The summed E-state index contributed by atoms with van der Waals surface area (Å²) in [6, 6.07) is 2.56. The molecule has 4 N–H and O–H groups in total. The van der Waals surface area contributed by atoms with Gasteiger partial charge < -0.3 is 25.4 Å². The molecule has 3 amide bonds. The number of benzene rings is 1. The Morgan fingerprint density at radius 1 is 1.23 bits per heavy atom. The molecular formula is C34H44FN5O7S. The topological polar surface area (TPSA) is 170 Å². The number of nitrogens with zero attached hydrogens (tertiary/aromatic N) is 2. The second-order valence-electron chi connectivity index (χ2n) is 13.8. The average molecular weight is 686 g/mol. The molecule has 2 aliphatic heterocycles. The van der Waals surface area contributed by atoms with Crippen LogP contribution in [0.4, 0.5) is 4.39 Å². The number of amides is 3. The molecular weight excluding hydrogens is 641 g/mol. The van der Waals surface area contributed by atoms with Crippen LogP contribution >= 0.6 is 0 Å². The van der Waals surface area contributed by atoms with Crippen LogP contribution in [0.15, 0.2) is 36.5 Å². The summed E-state index contributed by atoms with van der Waals surface area (Å²) in [7, 11) is -2.49. The monoisotopic (exact) mass is 685 g/mol. The van der Waals surface area contributed by atoms with Gasteiger partial charge in [0.05, 0.1) is 24.9 Å². The Hall–Kier alpha value is -3.78. The van der Waals surface area contributed by atoms with E-state index in [-0.39, 0.29) is 42.9 Å². The number of carbonyl (C=O) groups excluding carboxylic acids is 3. The first kappa shape index (κ1) is 34.1. The number of hydrogen-bond donors (Lipinski definition) is 3. The number of halogens is 1. The zero-order valence-electron chi connectivity index (χ0n) is 27.5. The van der Waals surface area contributed by atoms with Crippen molar-refractivity contribution in [2.24, 2.45) is 23.5 Å². The van der Waals surface area contributed by atoms with Crippen LogP contribution in [0, 0.1) is 23.6 Å². The van der Waals surface area contributed by atoms with Gasteiger partial charge in [-0.25, -0.2) is 17.8 Å². The number of hydrogen-bond acceptors (Lipinski definition) is 9. The van der Waals surface area contributed by atoms with E-state index in [9.17, 15) is 27.2 Å². The third kappa shape index (κ3) is 6.73. The molecule has 4 aliphatic rings. The van der Waals surface area contributed by atoms with Gasteiger partial charge in [-0.15, -0.1) is 0 Å². The molecule has 12 nitrogen and oxygen atoms in total. The molecule has 260 valence electrons. The molecule has 1 aromatic carbocycles. The normalized spacial score (nSPS) is 31.9. The fraction of sp³-hybridized carbons (Fsp3) is 0.588. The first-order valence-electron chi connectivity index (χ1n) is 16.8. The SMILES string of the molecule is CC[C@@H]1C[C@H](C)CC/C=C\[C@@H]2C[C@@]2(C(=O)NS(=O)(=O)C2CC2)NC(=O)[C@@H]2C[C@@H](Oc3nccc4cc(OC)c(F)cc34)CN2C(=O)[C@H]1N. The summed E-state index contributed by atoms with van der Waals surface area (Å²) in [5.41, 5.74) is 5.16. The van der Waals surface area contributed by atoms with Crippen molar-refractivity contribution in [3.63, 3.8) is 0 Å². The Balaban J connectivity index is 1.31. The van der Waals surface area contributed by atoms with E-state index in [0.29, 0.717) is 30.0 Å². The van der Waals surface area contributed by atoms with Crippen LogP contribution in [0.2, 0.25) is 0 Å². The predicted molar refractivity (Wildman–Crippen MR) is 176 cm³/mol.